The minimum Gasteiger partial charge on any atom is -0.423 e. The van der Waals surface area contributed by atoms with Crippen molar-refractivity contribution in [2.75, 3.05) is 5.32 Å². The van der Waals surface area contributed by atoms with Crippen LogP contribution in [-0.4, -0.2) is 36.9 Å². The molecule has 0 aliphatic heterocycles. The minimum atomic E-state index is -1.56. The van der Waals surface area contributed by atoms with Crippen LogP contribution in [0, 0.1) is 0 Å². The van der Waals surface area contributed by atoms with E-state index in [9.17, 15) is 10.0 Å². The molecule has 0 saturated heterocycles. The van der Waals surface area contributed by atoms with Gasteiger partial charge < -0.3 is 15.4 Å². The van der Waals surface area contributed by atoms with E-state index in [1.54, 1.807) is 23.0 Å². The molecule has 2 aromatic heterocycles. The lowest BCUT2D eigenvalue weighted by Gasteiger charge is -2.15. The quantitative estimate of drug-likeness (QED) is 0.344. The van der Waals surface area contributed by atoms with Crippen LogP contribution >= 0.6 is 0 Å². The van der Waals surface area contributed by atoms with E-state index >= 15 is 0 Å². The lowest BCUT2D eigenvalue weighted by molar-refractivity contribution is 0.426. The van der Waals surface area contributed by atoms with Crippen molar-refractivity contribution in [2.24, 2.45) is 0 Å². The first-order chi connectivity index (χ1) is 15.2. The molecule has 0 unspecified atom stereocenters. The number of hydrogen-bond acceptors (Lipinski definition) is 6. The number of nitrogens with one attached hydrogen (secondary N) is 1. The monoisotopic (exact) mass is 413 g/mol. The van der Waals surface area contributed by atoms with E-state index in [0.717, 1.165) is 42.7 Å². The van der Waals surface area contributed by atoms with Crippen molar-refractivity contribution < 1.29 is 10.0 Å². The molecule has 7 nitrogen and oxygen atoms in total. The molecule has 3 N–H and O–H groups in total. The van der Waals surface area contributed by atoms with Gasteiger partial charge in [-0.1, -0.05) is 48.9 Å². The van der Waals surface area contributed by atoms with Gasteiger partial charge in [0.05, 0.1) is 17.4 Å². The fraction of sp³-hybridized carbons (Fsp3) is 0.261. The van der Waals surface area contributed by atoms with Crippen molar-refractivity contribution in [3.8, 4) is 5.95 Å². The smallest absolute Gasteiger partial charge is 0.423 e. The van der Waals surface area contributed by atoms with Gasteiger partial charge in [0.15, 0.2) is 0 Å². The molecule has 31 heavy (non-hydrogen) atoms. The van der Waals surface area contributed by atoms with Crippen molar-refractivity contribution >= 4 is 29.3 Å². The van der Waals surface area contributed by atoms with Gasteiger partial charge in [0.1, 0.15) is 5.82 Å². The topological polar surface area (TPSA) is 96.1 Å². The molecule has 156 valence electrons. The molecule has 5 rings (SSSR count). The fourth-order valence-corrected chi connectivity index (χ4v) is 4.24. The molecular weight excluding hydrogens is 389 g/mol. The summed E-state index contributed by atoms with van der Waals surface area (Å²) in [7, 11) is -1.56. The van der Waals surface area contributed by atoms with Gasteiger partial charge >= 0.3 is 7.12 Å². The molecule has 0 bridgehead atoms. The van der Waals surface area contributed by atoms with Crippen LogP contribution < -0.4 is 10.8 Å². The van der Waals surface area contributed by atoms with E-state index in [2.05, 4.69) is 22.5 Å². The van der Waals surface area contributed by atoms with Gasteiger partial charge in [-0.3, -0.25) is 0 Å². The van der Waals surface area contributed by atoms with Crippen LogP contribution in [0.5, 0.6) is 0 Å². The average molecular weight is 413 g/mol. The maximum absolute atomic E-state index is 9.69. The molecule has 4 aromatic rings. The lowest BCUT2D eigenvalue weighted by atomic mass is 9.78. The van der Waals surface area contributed by atoms with Crippen LogP contribution in [0.2, 0.25) is 0 Å². The Morgan fingerprint density at radius 1 is 0.935 bits per heavy atom. The van der Waals surface area contributed by atoms with Crippen molar-refractivity contribution in [2.45, 2.75) is 38.6 Å². The minimum absolute atomic E-state index is 0.418. The number of benzene rings is 2. The van der Waals surface area contributed by atoms with Crippen molar-refractivity contribution in [3.63, 3.8) is 0 Å². The highest BCUT2D eigenvalue weighted by atomic mass is 16.4. The predicted molar refractivity (Wildman–Crippen MR) is 122 cm³/mol. The van der Waals surface area contributed by atoms with Crippen molar-refractivity contribution in [1.29, 1.82) is 0 Å². The first kappa shape index (κ1) is 19.7. The van der Waals surface area contributed by atoms with E-state index in [0.29, 0.717) is 23.3 Å². The average Bonchev–Trinajstić information content (AvgIpc) is 3.08. The summed E-state index contributed by atoms with van der Waals surface area (Å²) in [4.78, 5) is 9.74. The van der Waals surface area contributed by atoms with E-state index in [4.69, 9.17) is 9.97 Å². The zero-order chi connectivity index (χ0) is 21.2. The van der Waals surface area contributed by atoms with Crippen LogP contribution in [-0.2, 0) is 19.4 Å². The molecule has 1 aliphatic rings. The van der Waals surface area contributed by atoms with Crippen molar-refractivity contribution in [3.05, 3.63) is 71.5 Å². The van der Waals surface area contributed by atoms with Gasteiger partial charge in [-0.05, 0) is 42.8 Å². The molecule has 0 atom stereocenters. The molecule has 2 heterocycles. The summed E-state index contributed by atoms with van der Waals surface area (Å²) in [6, 6.07) is 15.6. The van der Waals surface area contributed by atoms with Gasteiger partial charge in [0.25, 0.3) is 5.95 Å². The number of aromatic nitrogens is 4. The maximum atomic E-state index is 9.69. The molecule has 2 aromatic carbocycles. The molecule has 0 spiro atoms. The number of hydrogen-bond donors (Lipinski definition) is 3. The summed E-state index contributed by atoms with van der Waals surface area (Å²) >= 11 is 0. The van der Waals surface area contributed by atoms with Crippen LogP contribution in [0.4, 0.5) is 5.82 Å². The van der Waals surface area contributed by atoms with E-state index in [1.807, 2.05) is 24.3 Å². The molecule has 8 heteroatoms. The van der Waals surface area contributed by atoms with Crippen molar-refractivity contribution in [1.82, 2.24) is 19.7 Å². The highest BCUT2D eigenvalue weighted by Gasteiger charge is 2.21. The second kappa shape index (κ2) is 8.49. The normalized spacial score (nSPS) is 13.6. The predicted octanol–water partition coefficient (Wildman–Crippen LogP) is 2.38. The Hall–Kier alpha value is -3.23. The fourth-order valence-electron chi connectivity index (χ4n) is 4.24. The second-order valence-electron chi connectivity index (χ2n) is 7.91. The Morgan fingerprint density at radius 3 is 2.61 bits per heavy atom. The summed E-state index contributed by atoms with van der Waals surface area (Å²) in [5, 5.41) is 28.1. The zero-order valence-corrected chi connectivity index (χ0v) is 17.2. The van der Waals surface area contributed by atoms with Gasteiger partial charge in [0.2, 0.25) is 0 Å². The summed E-state index contributed by atoms with van der Waals surface area (Å²) in [6.45, 7) is 0.685. The molecule has 0 amide bonds. The number of fused-ring (bicyclic) bond motifs is 2. The standard InChI is InChI=1S/C23H24BN5O2/c30-24(31)19-11-7-13-21-18(19)15-26-29(21)23-27-20-12-6-2-5-10-17(20)22(28-23)25-14-16-8-3-1-4-9-16/h1,3-4,7-9,11,13,15,30-31H,2,5-6,10,12,14H2,(H,25,27,28). The second-order valence-corrected chi connectivity index (χ2v) is 7.91. The number of nitrogens with zero attached hydrogens (tertiary/aromatic N) is 4. The van der Waals surface area contributed by atoms with Crippen LogP contribution in [0.25, 0.3) is 16.9 Å². The molecule has 0 saturated carbocycles. The molecule has 1 aliphatic carbocycles. The summed E-state index contributed by atoms with van der Waals surface area (Å²) in [6.07, 6.45) is 6.96. The van der Waals surface area contributed by atoms with Gasteiger partial charge in [0, 0.05) is 17.5 Å². The first-order valence-corrected chi connectivity index (χ1v) is 10.7. The van der Waals surface area contributed by atoms with E-state index in [1.165, 1.54) is 17.5 Å². The Labute approximate surface area is 180 Å². The van der Waals surface area contributed by atoms with E-state index in [-0.39, 0.29) is 0 Å². The number of rotatable bonds is 5. The summed E-state index contributed by atoms with van der Waals surface area (Å²) in [5.74, 6) is 1.35. The van der Waals surface area contributed by atoms with Gasteiger partial charge in [-0.2, -0.15) is 14.8 Å². The lowest BCUT2D eigenvalue weighted by Crippen LogP contribution is -2.30. The van der Waals surface area contributed by atoms with Gasteiger partial charge in [-0.25, -0.2) is 4.98 Å². The van der Waals surface area contributed by atoms with Crippen LogP contribution in [0.15, 0.2) is 54.7 Å². The SMILES string of the molecule is OB(O)c1cccc2c1cnn2-c1nc2c(c(NCc3ccccc3)n1)CCCCC2. The Kier molecular flexibility index (Phi) is 5.40. The third kappa shape index (κ3) is 3.92. The third-order valence-corrected chi connectivity index (χ3v) is 5.84. The molecule has 0 radical (unpaired) electrons. The molecular formula is C23H24BN5O2. The number of anilines is 1. The maximum Gasteiger partial charge on any atom is 0.489 e. The molecule has 0 fully saturated rings. The number of aryl methyl sites for hydroxylation is 1. The highest BCUT2D eigenvalue weighted by Crippen LogP contribution is 2.27. The first-order valence-electron chi connectivity index (χ1n) is 10.7. The largest absolute Gasteiger partial charge is 0.489 e. The van der Waals surface area contributed by atoms with E-state index < -0.39 is 7.12 Å². The Bertz CT molecular complexity index is 1210. The summed E-state index contributed by atoms with van der Waals surface area (Å²) in [5.41, 5.74) is 4.62. The highest BCUT2D eigenvalue weighted by molar-refractivity contribution is 6.61. The zero-order valence-electron chi connectivity index (χ0n) is 17.2. The Morgan fingerprint density at radius 2 is 1.77 bits per heavy atom. The Balaban J connectivity index is 1.59. The third-order valence-electron chi connectivity index (χ3n) is 5.84. The van der Waals surface area contributed by atoms with Crippen LogP contribution in [0.3, 0.4) is 0 Å². The van der Waals surface area contributed by atoms with Gasteiger partial charge in [-0.15, -0.1) is 0 Å². The van der Waals surface area contributed by atoms with Crippen LogP contribution in [0.1, 0.15) is 36.1 Å². The summed E-state index contributed by atoms with van der Waals surface area (Å²) < 4.78 is 1.68.